The molecule has 13 heteroatoms. The highest BCUT2D eigenvalue weighted by Crippen LogP contribution is 2.67. The maximum Gasteiger partial charge on any atom is 0.120 e. The van der Waals surface area contributed by atoms with Gasteiger partial charge in [-0.3, -0.25) is 0 Å². The number of rotatable bonds is 19. The summed E-state index contributed by atoms with van der Waals surface area (Å²) in [5, 5.41) is 45.0. The maximum absolute atomic E-state index is 11.0. The van der Waals surface area contributed by atoms with Crippen molar-refractivity contribution in [1.29, 1.82) is 0 Å². The number of aromatic hydroxyl groups is 2. The number of phenols is 2. The van der Waals surface area contributed by atoms with Gasteiger partial charge in [0.1, 0.15) is 41.5 Å². The lowest BCUT2D eigenvalue weighted by Crippen LogP contribution is -2.47. The molecule has 4 fully saturated rings. The third-order valence-corrected chi connectivity index (χ3v) is 18.7. The second-order valence-corrected chi connectivity index (χ2v) is 23.5. The van der Waals surface area contributed by atoms with E-state index in [9.17, 15) is 20.4 Å². The first-order valence-corrected chi connectivity index (χ1v) is 28.7. The van der Waals surface area contributed by atoms with E-state index in [4.69, 9.17) is 24.5 Å². The number of nitrogens with zero attached hydrogens (tertiary/aromatic N) is 4. The zero-order valence-corrected chi connectivity index (χ0v) is 46.3. The van der Waals surface area contributed by atoms with E-state index in [1.165, 1.54) is 33.4 Å². The van der Waals surface area contributed by atoms with Gasteiger partial charge in [0.05, 0.1) is 38.6 Å². The molecular formula is C63H88N4O9. The van der Waals surface area contributed by atoms with Gasteiger partial charge in [-0.05, 0) is 237 Å². The second kappa shape index (κ2) is 26.6. The second-order valence-electron chi connectivity index (χ2n) is 23.5. The number of aryl methyl sites for hydroxylation is 2. The van der Waals surface area contributed by atoms with Crippen molar-refractivity contribution in [3.8, 4) is 23.0 Å². The van der Waals surface area contributed by atoms with Crippen molar-refractivity contribution in [2.45, 2.75) is 147 Å². The highest BCUT2D eigenvalue weighted by atomic mass is 16.7. The van der Waals surface area contributed by atoms with E-state index in [1.807, 2.05) is 24.3 Å². The number of ether oxygens (including phenoxy) is 4. The number of aliphatic hydroxyl groups excluding tert-OH is 2. The van der Waals surface area contributed by atoms with E-state index in [0.29, 0.717) is 85.3 Å². The van der Waals surface area contributed by atoms with Gasteiger partial charge < -0.3 is 49.1 Å². The highest BCUT2D eigenvalue weighted by Gasteiger charge is 2.59. The van der Waals surface area contributed by atoms with Gasteiger partial charge in [-0.2, -0.15) is 0 Å². The molecule has 6 unspecified atom stereocenters. The fourth-order valence-electron chi connectivity index (χ4n) is 14.9. The van der Waals surface area contributed by atoms with Gasteiger partial charge >= 0.3 is 0 Å². The predicted octanol–water partition coefficient (Wildman–Crippen LogP) is 12.8. The van der Waals surface area contributed by atoms with Crippen LogP contribution >= 0.6 is 0 Å². The van der Waals surface area contributed by atoms with Crippen LogP contribution < -0.4 is 9.47 Å². The normalized spacial score (nSPS) is 29.5. The lowest BCUT2D eigenvalue weighted by Gasteiger charge is -2.54. The molecule has 4 aromatic rings. The summed E-state index contributed by atoms with van der Waals surface area (Å²) in [5.41, 5.74) is 16.0. The zero-order valence-electron chi connectivity index (χ0n) is 46.3. The number of hydrogen-bond donors (Lipinski definition) is 4. The Bertz CT molecular complexity index is 2500. The molecule has 0 spiro atoms. The molecule has 12 atom stereocenters. The number of unbranched alkanes of at least 4 members (excludes halogenated alkanes) is 1. The number of likely N-dealkylation sites (N-methyl/N-ethyl adjacent to an activating group) is 1. The average Bonchev–Trinajstić information content (AvgIpc) is 3.90. The van der Waals surface area contributed by atoms with Gasteiger partial charge in [0.25, 0.3) is 0 Å². The molecular weight excluding hydrogens is 957 g/mol. The van der Waals surface area contributed by atoms with Crippen LogP contribution in [0.15, 0.2) is 90.2 Å². The third kappa shape index (κ3) is 13.1. The highest BCUT2D eigenvalue weighted by molar-refractivity contribution is 5.45. The SMILES string of the molecule is CCCCOc1ccc([C@H]2C[C@@]3(C)C(CC[C@@H]3O)C3CCc4cc(O)ccc4C32)cc1.CCCOCCOCCON=[N+]=[N-].CN(C)CCOc1ccc([C@H]2C[C@@]3(C)C(CC[C@@H]3O)C3CCc4cc(O)ccc4C32)cc1. The minimum absolute atomic E-state index is 0.00342. The zero-order chi connectivity index (χ0) is 53.8. The van der Waals surface area contributed by atoms with E-state index in [0.717, 1.165) is 115 Å². The van der Waals surface area contributed by atoms with Crippen LogP contribution in [-0.4, -0.2) is 104 Å². The summed E-state index contributed by atoms with van der Waals surface area (Å²) in [6.07, 6.45) is 13.4. The van der Waals surface area contributed by atoms with Crippen molar-refractivity contribution < 1.29 is 44.2 Å². The largest absolute Gasteiger partial charge is 0.508 e. The molecule has 6 aliphatic carbocycles. The Morgan fingerprint density at radius 3 is 1.53 bits per heavy atom. The fourth-order valence-corrected chi connectivity index (χ4v) is 14.9. The first kappa shape index (κ1) is 57.2. The van der Waals surface area contributed by atoms with Crippen molar-refractivity contribution in [1.82, 2.24) is 4.90 Å². The maximum atomic E-state index is 11.0. The molecule has 4 aromatic carbocycles. The Balaban J connectivity index is 0.000000165. The molecule has 10 rings (SSSR count). The van der Waals surface area contributed by atoms with Crippen LogP contribution in [0.1, 0.15) is 155 Å². The van der Waals surface area contributed by atoms with Crippen molar-refractivity contribution in [3.05, 3.63) is 129 Å². The summed E-state index contributed by atoms with van der Waals surface area (Å²) in [5.74, 6) is 6.61. The average molecular weight is 1050 g/mol. The molecule has 0 heterocycles. The topological polar surface area (TPSA) is 179 Å². The van der Waals surface area contributed by atoms with Gasteiger partial charge in [0.15, 0.2) is 0 Å². The van der Waals surface area contributed by atoms with Gasteiger partial charge in [0, 0.05) is 18.1 Å². The lowest BCUT2D eigenvalue weighted by molar-refractivity contribution is -0.0323. The van der Waals surface area contributed by atoms with Crippen LogP contribution in [0.5, 0.6) is 23.0 Å². The monoisotopic (exact) mass is 1040 g/mol. The quantitative estimate of drug-likeness (QED) is 0.0232. The molecule has 0 radical (unpaired) electrons. The molecule has 6 aliphatic rings. The minimum atomic E-state index is -0.203. The van der Waals surface area contributed by atoms with Gasteiger partial charge in [0.2, 0.25) is 0 Å². The number of phenolic OH excluding ortho intramolecular Hbond substituents is 2. The van der Waals surface area contributed by atoms with Crippen LogP contribution in [0, 0.1) is 34.5 Å². The summed E-state index contributed by atoms with van der Waals surface area (Å²) < 4.78 is 22.1. The van der Waals surface area contributed by atoms with E-state index in [2.05, 4.69) is 122 Å². The smallest absolute Gasteiger partial charge is 0.120 e. The van der Waals surface area contributed by atoms with E-state index in [1.54, 1.807) is 0 Å². The number of hydrogen-bond acceptors (Lipinski definition) is 11. The lowest BCUT2D eigenvalue weighted by atomic mass is 9.51. The van der Waals surface area contributed by atoms with Gasteiger partial charge in [-0.25, -0.2) is 0 Å². The van der Waals surface area contributed by atoms with E-state index in [-0.39, 0.29) is 29.6 Å². The number of aliphatic hydroxyl groups is 2. The molecule has 4 saturated carbocycles. The van der Waals surface area contributed by atoms with Gasteiger partial charge in [-0.1, -0.05) is 70.5 Å². The Kier molecular flexibility index (Phi) is 20.0. The fraction of sp³-hybridized carbons (Fsp3) is 0.619. The summed E-state index contributed by atoms with van der Waals surface area (Å²) in [7, 11) is 4.11. The summed E-state index contributed by atoms with van der Waals surface area (Å²) in [6.45, 7) is 13.8. The summed E-state index contributed by atoms with van der Waals surface area (Å²) in [4.78, 5) is 8.99. The molecule has 13 nitrogen and oxygen atoms in total. The third-order valence-electron chi connectivity index (χ3n) is 18.7. The van der Waals surface area contributed by atoms with Gasteiger partial charge in [-0.15, -0.1) is 0 Å². The molecule has 414 valence electrons. The van der Waals surface area contributed by atoms with Crippen LogP contribution in [0.2, 0.25) is 0 Å². The molecule has 4 N–H and O–H groups in total. The molecule has 0 saturated heterocycles. The van der Waals surface area contributed by atoms with Crippen LogP contribution in [0.4, 0.5) is 0 Å². The standard InChI is InChI=1S/C28H37NO3.C28H36O3.C7H15N3O3/c1-28-17-24(18-4-8-21(9-5-18)32-15-14-29(2)3)27-22-11-7-20(30)16-19(22)6-10-23(27)25(28)12-13-26(28)31;1-3-4-15-31-21-9-5-18(6-10-21)24-17-28(2)25(13-14-26(28)30)23-11-7-19-16-20(29)8-12-22(19)27(23)24;1-2-3-11-4-5-12-6-7-13-10-9-8/h4-5,7-9,11,16,23-27,30-31H,6,10,12-15,17H2,1-3H3;5-6,8-10,12,16,23-27,29-30H,3-4,7,11,13-15,17H2,1-2H3;2-7H2,1H3/t2*23?,24-,25?,26+,27?,28+;/m11./s1. The molecule has 76 heavy (non-hydrogen) atoms. The Morgan fingerprint density at radius 1 is 0.592 bits per heavy atom. The number of fused-ring (bicyclic) bond motifs is 10. The first-order chi connectivity index (χ1) is 36.8. The van der Waals surface area contributed by atoms with Crippen LogP contribution in [0.3, 0.4) is 0 Å². The van der Waals surface area contributed by atoms with Crippen molar-refractivity contribution >= 4 is 0 Å². The Labute approximate surface area is 452 Å². The number of benzene rings is 4. The van der Waals surface area contributed by atoms with Crippen molar-refractivity contribution in [2.75, 3.05) is 66.9 Å². The minimum Gasteiger partial charge on any atom is -0.508 e. The van der Waals surface area contributed by atoms with Crippen LogP contribution in [-0.2, 0) is 27.2 Å². The van der Waals surface area contributed by atoms with Crippen molar-refractivity contribution in [3.63, 3.8) is 0 Å². The first-order valence-electron chi connectivity index (χ1n) is 28.7. The summed E-state index contributed by atoms with van der Waals surface area (Å²) in [6, 6.07) is 29.5. The molecule has 0 aromatic heterocycles. The van der Waals surface area contributed by atoms with E-state index >= 15 is 0 Å². The Hall–Kier alpha value is -5.01. The molecule has 0 aliphatic heterocycles. The number of azide groups is 1. The van der Waals surface area contributed by atoms with Crippen LogP contribution in [0.25, 0.3) is 10.4 Å². The van der Waals surface area contributed by atoms with E-state index < -0.39 is 0 Å². The van der Waals surface area contributed by atoms with Crippen molar-refractivity contribution in [2.24, 2.45) is 39.8 Å². The predicted molar refractivity (Wildman–Crippen MR) is 298 cm³/mol. The summed E-state index contributed by atoms with van der Waals surface area (Å²) >= 11 is 0. The molecule has 0 bridgehead atoms. The Morgan fingerprint density at radius 2 is 1.07 bits per heavy atom. The molecule has 0 amide bonds.